The Labute approximate surface area is 118 Å². The summed E-state index contributed by atoms with van der Waals surface area (Å²) in [5.74, 6) is -0.259. The lowest BCUT2D eigenvalue weighted by Crippen LogP contribution is -2.68. The van der Waals surface area contributed by atoms with Gasteiger partial charge in [-0.1, -0.05) is 25.1 Å². The van der Waals surface area contributed by atoms with Crippen LogP contribution < -0.4 is 24.4 Å². The highest BCUT2D eigenvalue weighted by molar-refractivity contribution is 5.80. The van der Waals surface area contributed by atoms with Crippen molar-refractivity contribution >= 4 is 17.8 Å². The van der Waals surface area contributed by atoms with Crippen molar-refractivity contribution in [3.05, 3.63) is 29.8 Å². The van der Waals surface area contributed by atoms with Crippen LogP contribution in [0.15, 0.2) is 24.3 Å². The summed E-state index contributed by atoms with van der Waals surface area (Å²) in [4.78, 5) is 11.3. The Hall–Kier alpha value is -1.51. The third-order valence-electron chi connectivity index (χ3n) is 2.83. The Morgan fingerprint density at radius 3 is 2.40 bits per heavy atom. The largest absolute Gasteiger partial charge is 0.364 e. The third-order valence-corrected chi connectivity index (χ3v) is 2.83. The summed E-state index contributed by atoms with van der Waals surface area (Å²) in [7, 11) is -4.94. The summed E-state index contributed by atoms with van der Waals surface area (Å²) in [6.45, 7) is 1.98. The summed E-state index contributed by atoms with van der Waals surface area (Å²) < 4.78 is 36.0. The molecule has 20 heavy (non-hydrogen) atoms. The van der Waals surface area contributed by atoms with Crippen molar-refractivity contribution in [3.8, 4) is 0 Å². The summed E-state index contributed by atoms with van der Waals surface area (Å²) in [5, 5.41) is 0. The molecule has 110 valence electrons. The fraction of sp³-hybridized carbons (Fsp3) is 0.333. The quantitative estimate of drug-likeness (QED) is 0.576. The number of fused-ring (bicyclic) bond motifs is 1. The van der Waals surface area contributed by atoms with Crippen molar-refractivity contribution in [3.63, 3.8) is 0 Å². The Morgan fingerprint density at radius 2 is 1.90 bits per heavy atom. The number of hydrogen-bond donors (Lipinski definition) is 1. The molecule has 0 fully saturated rings. The van der Waals surface area contributed by atoms with E-state index in [1.807, 2.05) is 35.9 Å². The van der Waals surface area contributed by atoms with E-state index in [9.17, 15) is 4.79 Å². The molecular formula is C12H15ClN2O5. The van der Waals surface area contributed by atoms with Crippen LogP contribution in [-0.2, 0) is 11.2 Å². The number of halogens is 1. The number of carbonyl (C=O) groups excluding carboxylic acids is 1. The molecule has 2 rings (SSSR count). The molecule has 1 amide bonds. The third kappa shape index (κ3) is 4.87. The van der Waals surface area contributed by atoms with E-state index in [0.29, 0.717) is 0 Å². The lowest BCUT2D eigenvalue weighted by atomic mass is 10.1. The minimum Gasteiger partial charge on any atom is -0.364 e. The Balaban J connectivity index is 0.000000347. The van der Waals surface area contributed by atoms with Gasteiger partial charge in [-0.05, 0) is 0 Å². The van der Waals surface area contributed by atoms with Crippen LogP contribution in [0.1, 0.15) is 18.9 Å². The summed E-state index contributed by atoms with van der Waals surface area (Å²) >= 11 is 0. The summed E-state index contributed by atoms with van der Waals surface area (Å²) in [6.07, 6.45) is 3.67. The van der Waals surface area contributed by atoms with Crippen LogP contribution in [0.25, 0.3) is 0 Å². The molecule has 2 N–H and O–H groups in total. The minimum atomic E-state index is -4.94. The van der Waals surface area contributed by atoms with Crippen LogP contribution in [0.3, 0.4) is 0 Å². The Kier molecular flexibility index (Phi) is 5.61. The minimum absolute atomic E-state index is 0.214. The van der Waals surface area contributed by atoms with E-state index in [0.717, 1.165) is 18.5 Å². The number of nitrogens with two attached hydrogens (primary N) is 1. The van der Waals surface area contributed by atoms with Gasteiger partial charge in [0.1, 0.15) is 0 Å². The lowest BCUT2D eigenvalue weighted by molar-refractivity contribution is -2.00. The molecule has 0 radical (unpaired) electrons. The van der Waals surface area contributed by atoms with Gasteiger partial charge in [-0.15, -0.1) is 10.2 Å². The Morgan fingerprint density at radius 1 is 1.35 bits per heavy atom. The average molecular weight is 303 g/mol. The maximum absolute atomic E-state index is 11.3. The summed E-state index contributed by atoms with van der Waals surface area (Å²) in [5.41, 5.74) is 7.76. The van der Waals surface area contributed by atoms with Crippen molar-refractivity contribution in [2.75, 3.05) is 0 Å². The fourth-order valence-corrected chi connectivity index (χ4v) is 2.06. The van der Waals surface area contributed by atoms with E-state index in [-0.39, 0.29) is 11.9 Å². The Bertz CT molecular complexity index is 507. The van der Waals surface area contributed by atoms with Crippen LogP contribution in [0.2, 0.25) is 0 Å². The highest BCUT2D eigenvalue weighted by atomic mass is 35.7. The zero-order valence-corrected chi connectivity index (χ0v) is 11.6. The predicted octanol–water partition coefficient (Wildman–Crippen LogP) is -3.53. The second kappa shape index (κ2) is 6.78. The highest BCUT2D eigenvalue weighted by Crippen LogP contribution is 2.25. The smallest absolute Gasteiger partial charge is 0.286 e. The predicted molar refractivity (Wildman–Crippen MR) is 59.4 cm³/mol. The fourth-order valence-electron chi connectivity index (χ4n) is 2.06. The van der Waals surface area contributed by atoms with Crippen LogP contribution in [0.4, 0.5) is 5.69 Å². The van der Waals surface area contributed by atoms with Gasteiger partial charge in [0.25, 0.3) is 5.91 Å². The first kappa shape index (κ1) is 16.5. The maximum atomic E-state index is 11.3. The van der Waals surface area contributed by atoms with E-state index in [1.165, 1.54) is 5.56 Å². The molecule has 0 saturated heterocycles. The van der Waals surface area contributed by atoms with Crippen LogP contribution >= 0.6 is 0 Å². The zero-order chi connectivity index (χ0) is 15.3. The van der Waals surface area contributed by atoms with E-state index in [4.69, 9.17) is 24.4 Å². The van der Waals surface area contributed by atoms with Crippen LogP contribution in [0.5, 0.6) is 0 Å². The van der Waals surface area contributed by atoms with Gasteiger partial charge in [0.15, 0.2) is 6.21 Å². The van der Waals surface area contributed by atoms with Crippen LogP contribution in [0, 0.1) is 10.2 Å². The molecule has 1 aromatic rings. The molecule has 1 aromatic carbocycles. The van der Waals surface area contributed by atoms with Gasteiger partial charge in [-0.3, -0.25) is 4.79 Å². The van der Waals surface area contributed by atoms with E-state index in [1.54, 1.807) is 0 Å². The topological polar surface area (TPSA) is 138 Å². The molecule has 0 aliphatic carbocycles. The molecule has 1 atom stereocenters. The van der Waals surface area contributed by atoms with Crippen molar-refractivity contribution < 1.29 is 38.2 Å². The molecule has 1 heterocycles. The van der Waals surface area contributed by atoms with E-state index in [2.05, 4.69) is 6.07 Å². The molecule has 1 aliphatic heterocycles. The van der Waals surface area contributed by atoms with Crippen molar-refractivity contribution in [1.82, 2.24) is 0 Å². The van der Waals surface area contributed by atoms with Gasteiger partial charge in [-0.2, -0.15) is 4.58 Å². The van der Waals surface area contributed by atoms with Crippen LogP contribution in [-0.4, -0.2) is 22.7 Å². The van der Waals surface area contributed by atoms with Gasteiger partial charge in [0, 0.05) is 18.1 Å². The number of primary amides is 1. The van der Waals surface area contributed by atoms with Crippen molar-refractivity contribution in [2.24, 2.45) is 5.73 Å². The number of carbonyl (C=O) groups is 1. The summed E-state index contributed by atoms with van der Waals surface area (Å²) in [6, 6.07) is 7.90. The molecular weight excluding hydrogens is 288 g/mol. The van der Waals surface area contributed by atoms with Gasteiger partial charge in [0.05, 0.1) is 6.42 Å². The lowest BCUT2D eigenvalue weighted by Gasteiger charge is -2.17. The monoisotopic (exact) mass is 302 g/mol. The molecule has 0 aromatic heterocycles. The maximum Gasteiger partial charge on any atom is 0.286 e. The molecule has 1 unspecified atom stereocenters. The molecule has 0 bridgehead atoms. The number of para-hydroxylation sites is 1. The molecule has 0 saturated carbocycles. The zero-order valence-electron chi connectivity index (χ0n) is 10.8. The highest BCUT2D eigenvalue weighted by Gasteiger charge is 2.31. The van der Waals surface area contributed by atoms with Crippen molar-refractivity contribution in [2.45, 2.75) is 25.8 Å². The number of benzene rings is 1. The standard InChI is InChI=1S/C12H14N2O.ClHO4/c1-2-10(12(13)15)14-8-7-9-5-3-4-6-11(9)14;2-1(3,4)5/h3-6,8,10H,2,7H2,1H3,(H-,13,15);(H,2,3,4,5). The number of rotatable bonds is 3. The number of amides is 1. The first-order valence-corrected chi connectivity index (χ1v) is 7.08. The van der Waals surface area contributed by atoms with E-state index >= 15 is 0 Å². The van der Waals surface area contributed by atoms with Gasteiger partial charge >= 0.3 is 0 Å². The molecule has 0 spiro atoms. The van der Waals surface area contributed by atoms with E-state index < -0.39 is 10.2 Å². The average Bonchev–Trinajstić information content (AvgIpc) is 2.72. The normalized spacial score (nSPS) is 14.8. The first-order chi connectivity index (χ1) is 9.24. The molecule has 1 aliphatic rings. The SMILES string of the molecule is CCC(C(N)=O)[N+]1=CCc2ccccc21.[O-][Cl+3]([O-])([O-])[O-]. The van der Waals surface area contributed by atoms with Crippen molar-refractivity contribution in [1.29, 1.82) is 0 Å². The molecule has 7 nitrogen and oxygen atoms in total. The first-order valence-electron chi connectivity index (χ1n) is 5.84. The van der Waals surface area contributed by atoms with Gasteiger partial charge in [-0.25, -0.2) is 18.6 Å². The van der Waals surface area contributed by atoms with Gasteiger partial charge < -0.3 is 5.73 Å². The second-order valence-corrected chi connectivity index (χ2v) is 4.88. The number of hydrogen-bond acceptors (Lipinski definition) is 5. The number of nitrogens with zero attached hydrogens (tertiary/aromatic N) is 1. The molecule has 8 heteroatoms. The van der Waals surface area contributed by atoms with Gasteiger partial charge in [0.2, 0.25) is 11.7 Å². The second-order valence-electron chi connectivity index (χ2n) is 4.13.